The highest BCUT2D eigenvalue weighted by Gasteiger charge is 2.15. The van der Waals surface area contributed by atoms with E-state index in [9.17, 15) is 13.2 Å². The Kier molecular flexibility index (Phi) is 6.57. The molecule has 0 bridgehead atoms. The SMILES string of the molecule is Cc1ccc(S(=O)(=O)Nc2cccc(C(=O)NCc3ccc(C(C)C)cc3)c2)cc1. The summed E-state index contributed by atoms with van der Waals surface area (Å²) in [6, 6.07) is 21.2. The minimum atomic E-state index is -3.72. The van der Waals surface area contributed by atoms with Gasteiger partial charge in [-0.25, -0.2) is 8.42 Å². The average molecular weight is 423 g/mol. The number of aryl methyl sites for hydroxylation is 1. The zero-order valence-electron chi connectivity index (χ0n) is 17.3. The van der Waals surface area contributed by atoms with Gasteiger partial charge < -0.3 is 5.32 Å². The summed E-state index contributed by atoms with van der Waals surface area (Å²) in [5, 5.41) is 2.88. The molecule has 5 nitrogen and oxygen atoms in total. The third-order valence-corrected chi connectivity index (χ3v) is 6.20. The lowest BCUT2D eigenvalue weighted by Crippen LogP contribution is -2.23. The van der Waals surface area contributed by atoms with Gasteiger partial charge in [-0.2, -0.15) is 0 Å². The maximum atomic E-state index is 12.6. The van der Waals surface area contributed by atoms with E-state index in [0.29, 0.717) is 23.7 Å². The van der Waals surface area contributed by atoms with Gasteiger partial charge in [0.05, 0.1) is 4.90 Å². The van der Waals surface area contributed by atoms with E-state index in [4.69, 9.17) is 0 Å². The van der Waals surface area contributed by atoms with Crippen molar-refractivity contribution in [1.29, 1.82) is 0 Å². The van der Waals surface area contributed by atoms with E-state index in [1.165, 1.54) is 11.6 Å². The predicted octanol–water partition coefficient (Wildman–Crippen LogP) is 4.85. The van der Waals surface area contributed by atoms with Gasteiger partial charge in [-0.15, -0.1) is 0 Å². The summed E-state index contributed by atoms with van der Waals surface area (Å²) >= 11 is 0. The van der Waals surface area contributed by atoms with Crippen molar-refractivity contribution in [2.75, 3.05) is 4.72 Å². The maximum Gasteiger partial charge on any atom is 0.261 e. The lowest BCUT2D eigenvalue weighted by Gasteiger charge is -2.11. The number of nitrogens with one attached hydrogen (secondary N) is 2. The average Bonchev–Trinajstić information content (AvgIpc) is 2.72. The van der Waals surface area contributed by atoms with Crippen molar-refractivity contribution < 1.29 is 13.2 Å². The number of anilines is 1. The van der Waals surface area contributed by atoms with Crippen molar-refractivity contribution in [1.82, 2.24) is 5.32 Å². The molecule has 6 heteroatoms. The van der Waals surface area contributed by atoms with Gasteiger partial charge in [0.1, 0.15) is 0 Å². The third kappa shape index (κ3) is 5.48. The molecule has 156 valence electrons. The van der Waals surface area contributed by atoms with Crippen molar-refractivity contribution in [3.63, 3.8) is 0 Å². The molecular formula is C24H26N2O3S. The van der Waals surface area contributed by atoms with Crippen LogP contribution in [0.3, 0.4) is 0 Å². The molecule has 0 spiro atoms. The molecule has 30 heavy (non-hydrogen) atoms. The highest BCUT2D eigenvalue weighted by molar-refractivity contribution is 7.92. The first-order valence-corrected chi connectivity index (χ1v) is 11.3. The van der Waals surface area contributed by atoms with E-state index in [0.717, 1.165) is 11.1 Å². The molecule has 0 radical (unpaired) electrons. The van der Waals surface area contributed by atoms with E-state index in [1.54, 1.807) is 42.5 Å². The van der Waals surface area contributed by atoms with Crippen LogP contribution < -0.4 is 10.0 Å². The number of carbonyl (C=O) groups is 1. The van der Waals surface area contributed by atoms with Crippen LogP contribution in [-0.2, 0) is 16.6 Å². The number of rotatable bonds is 7. The number of hydrogen-bond acceptors (Lipinski definition) is 3. The lowest BCUT2D eigenvalue weighted by molar-refractivity contribution is 0.0951. The fraction of sp³-hybridized carbons (Fsp3) is 0.208. The highest BCUT2D eigenvalue weighted by atomic mass is 32.2. The van der Waals surface area contributed by atoms with Gasteiger partial charge >= 0.3 is 0 Å². The van der Waals surface area contributed by atoms with Crippen LogP contribution in [0.4, 0.5) is 5.69 Å². The van der Waals surface area contributed by atoms with Crippen LogP contribution in [0.25, 0.3) is 0 Å². The summed E-state index contributed by atoms with van der Waals surface area (Å²) in [5.74, 6) is 0.194. The number of benzene rings is 3. The fourth-order valence-electron chi connectivity index (χ4n) is 2.96. The molecule has 0 saturated heterocycles. The Morgan fingerprint density at radius 3 is 2.23 bits per heavy atom. The Bertz CT molecular complexity index is 1120. The Morgan fingerprint density at radius 2 is 1.60 bits per heavy atom. The van der Waals surface area contributed by atoms with Crippen LogP contribution in [0.1, 0.15) is 46.8 Å². The molecule has 0 unspecified atom stereocenters. The van der Waals surface area contributed by atoms with Gasteiger partial charge in [0.2, 0.25) is 0 Å². The molecule has 1 amide bonds. The molecule has 3 rings (SSSR count). The van der Waals surface area contributed by atoms with E-state index < -0.39 is 10.0 Å². The Morgan fingerprint density at radius 1 is 0.933 bits per heavy atom. The first kappa shape index (κ1) is 21.6. The first-order chi connectivity index (χ1) is 14.2. The van der Waals surface area contributed by atoms with Gasteiger partial charge in [-0.05, 0) is 54.3 Å². The van der Waals surface area contributed by atoms with Gasteiger partial charge in [0, 0.05) is 17.8 Å². The third-order valence-electron chi connectivity index (χ3n) is 4.81. The molecule has 0 saturated carbocycles. The normalized spacial score (nSPS) is 11.3. The van der Waals surface area contributed by atoms with Crippen LogP contribution in [0.5, 0.6) is 0 Å². The largest absolute Gasteiger partial charge is 0.348 e. The van der Waals surface area contributed by atoms with Gasteiger partial charge in [0.15, 0.2) is 0 Å². The second-order valence-corrected chi connectivity index (χ2v) is 9.26. The Hall–Kier alpha value is -3.12. The van der Waals surface area contributed by atoms with Crippen molar-refractivity contribution in [2.24, 2.45) is 0 Å². The van der Waals surface area contributed by atoms with Gasteiger partial charge in [0.25, 0.3) is 15.9 Å². The summed E-state index contributed by atoms with van der Waals surface area (Å²) < 4.78 is 27.7. The standard InChI is InChI=1S/C24H26N2O3S/c1-17(2)20-11-9-19(10-12-20)16-25-24(27)21-5-4-6-22(15-21)26-30(28,29)23-13-7-18(3)8-14-23/h4-15,17,26H,16H2,1-3H3,(H,25,27). The van der Waals surface area contributed by atoms with Gasteiger partial charge in [-0.1, -0.05) is 61.9 Å². The van der Waals surface area contributed by atoms with Crippen LogP contribution in [-0.4, -0.2) is 14.3 Å². The number of sulfonamides is 1. The molecule has 0 heterocycles. The second-order valence-electron chi connectivity index (χ2n) is 7.58. The van der Waals surface area contributed by atoms with Gasteiger partial charge in [-0.3, -0.25) is 9.52 Å². The van der Waals surface area contributed by atoms with E-state index in [2.05, 4.69) is 36.0 Å². The Balaban J connectivity index is 1.67. The van der Waals surface area contributed by atoms with Crippen molar-refractivity contribution >= 4 is 21.6 Å². The van der Waals surface area contributed by atoms with E-state index in [-0.39, 0.29) is 10.8 Å². The van der Waals surface area contributed by atoms with Crippen molar-refractivity contribution in [3.05, 3.63) is 95.1 Å². The summed E-state index contributed by atoms with van der Waals surface area (Å²) in [4.78, 5) is 12.7. The molecule has 0 aliphatic rings. The summed E-state index contributed by atoms with van der Waals surface area (Å²) in [5.41, 5.74) is 3.96. The zero-order chi connectivity index (χ0) is 21.7. The first-order valence-electron chi connectivity index (χ1n) is 9.81. The monoisotopic (exact) mass is 422 g/mol. The molecule has 0 aliphatic heterocycles. The molecular weight excluding hydrogens is 396 g/mol. The number of hydrogen-bond donors (Lipinski definition) is 2. The fourth-order valence-corrected chi connectivity index (χ4v) is 4.01. The van der Waals surface area contributed by atoms with Crippen LogP contribution in [0, 0.1) is 6.92 Å². The van der Waals surface area contributed by atoms with Crippen LogP contribution in [0.2, 0.25) is 0 Å². The van der Waals surface area contributed by atoms with Crippen LogP contribution in [0.15, 0.2) is 77.7 Å². The molecule has 0 aromatic heterocycles. The van der Waals surface area contributed by atoms with Crippen molar-refractivity contribution in [3.8, 4) is 0 Å². The summed E-state index contributed by atoms with van der Waals surface area (Å²) in [6.07, 6.45) is 0. The van der Waals surface area contributed by atoms with E-state index >= 15 is 0 Å². The molecule has 3 aromatic carbocycles. The minimum Gasteiger partial charge on any atom is -0.348 e. The molecule has 2 N–H and O–H groups in total. The molecule has 0 fully saturated rings. The van der Waals surface area contributed by atoms with E-state index in [1.807, 2.05) is 19.1 Å². The lowest BCUT2D eigenvalue weighted by atomic mass is 10.0. The Labute approximate surface area is 178 Å². The topological polar surface area (TPSA) is 75.3 Å². The smallest absolute Gasteiger partial charge is 0.261 e. The number of amides is 1. The quantitative estimate of drug-likeness (QED) is 0.572. The molecule has 0 atom stereocenters. The minimum absolute atomic E-state index is 0.174. The molecule has 0 aliphatic carbocycles. The number of carbonyl (C=O) groups excluding carboxylic acids is 1. The second kappa shape index (κ2) is 9.13. The maximum absolute atomic E-state index is 12.6. The summed E-state index contributed by atoms with van der Waals surface area (Å²) in [6.45, 7) is 6.56. The highest BCUT2D eigenvalue weighted by Crippen LogP contribution is 2.18. The van der Waals surface area contributed by atoms with Crippen molar-refractivity contribution in [2.45, 2.75) is 38.1 Å². The zero-order valence-corrected chi connectivity index (χ0v) is 18.2. The molecule has 3 aromatic rings. The summed E-state index contributed by atoms with van der Waals surface area (Å²) in [7, 11) is -3.72. The van der Waals surface area contributed by atoms with Crippen LogP contribution >= 0.6 is 0 Å². The predicted molar refractivity (Wildman–Crippen MR) is 120 cm³/mol.